The molecule has 1 N–H and O–H groups in total. The number of carbonyl (C=O) groups excluding carboxylic acids is 1. The lowest BCUT2D eigenvalue weighted by Crippen LogP contribution is -2.24. The molecule has 1 atom stereocenters. The van der Waals surface area contributed by atoms with E-state index in [0.29, 0.717) is 23.9 Å². The van der Waals surface area contributed by atoms with Crippen molar-refractivity contribution in [2.75, 3.05) is 11.9 Å². The lowest BCUT2D eigenvalue weighted by Gasteiger charge is -2.25. The van der Waals surface area contributed by atoms with E-state index in [1.807, 2.05) is 72.4 Å². The Labute approximate surface area is 205 Å². The molecule has 0 radical (unpaired) electrons. The minimum absolute atomic E-state index is 0.0772. The van der Waals surface area contributed by atoms with Gasteiger partial charge in [-0.05, 0) is 31.2 Å². The average molecular weight is 494 g/mol. The highest BCUT2D eigenvalue weighted by atomic mass is 32.2. The van der Waals surface area contributed by atoms with Crippen LogP contribution in [0.5, 0.6) is 11.5 Å². The SMILES string of the molecule is Cc1ccc(NC(=O)Cc2nc(CSc3nnc(C4COc5ccccc5O4)n3C)cs2)cc1. The fraction of sp³-hybridized carbons (Fsp3) is 0.250. The average Bonchev–Trinajstić information content (AvgIpc) is 3.44. The smallest absolute Gasteiger partial charge is 0.231 e. The standard InChI is InChI=1S/C24H23N5O3S2/c1-15-7-9-16(10-8-15)25-21(30)11-22-26-17(13-33-22)14-34-24-28-27-23(29(24)2)20-12-31-18-5-3-4-6-19(18)32-20/h3-10,13,20H,11-12,14H2,1-2H3,(H,25,30). The van der Waals surface area contributed by atoms with E-state index in [4.69, 9.17) is 9.47 Å². The quantitative estimate of drug-likeness (QED) is 0.377. The van der Waals surface area contributed by atoms with E-state index in [1.165, 1.54) is 11.3 Å². The number of rotatable bonds is 7. The van der Waals surface area contributed by atoms with Crippen molar-refractivity contribution < 1.29 is 14.3 Å². The second kappa shape index (κ2) is 9.86. The summed E-state index contributed by atoms with van der Waals surface area (Å²) < 4.78 is 13.8. The summed E-state index contributed by atoms with van der Waals surface area (Å²) in [5.74, 6) is 2.71. The molecule has 0 spiro atoms. The van der Waals surface area contributed by atoms with Gasteiger partial charge in [-0.3, -0.25) is 4.79 Å². The van der Waals surface area contributed by atoms with Crippen molar-refractivity contribution in [1.82, 2.24) is 19.7 Å². The van der Waals surface area contributed by atoms with Crippen LogP contribution in [-0.4, -0.2) is 32.3 Å². The highest BCUT2D eigenvalue weighted by Gasteiger charge is 2.27. The maximum atomic E-state index is 12.3. The lowest BCUT2D eigenvalue weighted by atomic mass is 10.2. The molecule has 0 bridgehead atoms. The fourth-order valence-electron chi connectivity index (χ4n) is 3.49. The number of nitrogens with one attached hydrogen (secondary N) is 1. The van der Waals surface area contributed by atoms with Gasteiger partial charge < -0.3 is 19.4 Å². The maximum absolute atomic E-state index is 12.3. The fourth-order valence-corrected chi connectivity index (χ4v) is 5.20. The van der Waals surface area contributed by atoms with Crippen LogP contribution in [0.3, 0.4) is 0 Å². The molecule has 2 aromatic heterocycles. The number of hydrogen-bond donors (Lipinski definition) is 1. The first-order chi connectivity index (χ1) is 16.5. The van der Waals surface area contributed by atoms with Crippen molar-refractivity contribution in [3.63, 3.8) is 0 Å². The Morgan fingerprint density at radius 1 is 1.18 bits per heavy atom. The number of aryl methyl sites for hydroxylation is 1. The highest BCUT2D eigenvalue weighted by Crippen LogP contribution is 2.36. The van der Waals surface area contributed by atoms with Crippen molar-refractivity contribution >= 4 is 34.7 Å². The molecule has 0 fully saturated rings. The molecule has 0 aliphatic carbocycles. The molecule has 1 aliphatic rings. The van der Waals surface area contributed by atoms with Crippen molar-refractivity contribution in [3.05, 3.63) is 76.0 Å². The molecule has 3 heterocycles. The van der Waals surface area contributed by atoms with Crippen molar-refractivity contribution in [1.29, 1.82) is 0 Å². The number of para-hydroxylation sites is 2. The number of thiazole rings is 1. The Bertz CT molecular complexity index is 1300. The molecule has 0 saturated carbocycles. The van der Waals surface area contributed by atoms with E-state index in [2.05, 4.69) is 20.5 Å². The van der Waals surface area contributed by atoms with Gasteiger partial charge in [0.25, 0.3) is 0 Å². The number of benzene rings is 2. The molecule has 1 amide bonds. The van der Waals surface area contributed by atoms with Crippen LogP contribution in [0.15, 0.2) is 59.1 Å². The maximum Gasteiger partial charge on any atom is 0.231 e. The monoisotopic (exact) mass is 493 g/mol. The lowest BCUT2D eigenvalue weighted by molar-refractivity contribution is -0.115. The molecule has 8 nitrogen and oxygen atoms in total. The number of hydrogen-bond acceptors (Lipinski definition) is 8. The van der Waals surface area contributed by atoms with E-state index in [9.17, 15) is 4.79 Å². The molecule has 10 heteroatoms. The van der Waals surface area contributed by atoms with Gasteiger partial charge in [-0.1, -0.05) is 41.6 Å². The van der Waals surface area contributed by atoms with Gasteiger partial charge in [0, 0.05) is 23.9 Å². The van der Waals surface area contributed by atoms with Crippen molar-refractivity contribution in [2.45, 2.75) is 30.4 Å². The predicted molar refractivity (Wildman–Crippen MR) is 131 cm³/mol. The zero-order valence-electron chi connectivity index (χ0n) is 18.7. The summed E-state index contributed by atoms with van der Waals surface area (Å²) in [7, 11) is 1.92. The van der Waals surface area contributed by atoms with E-state index < -0.39 is 0 Å². The van der Waals surface area contributed by atoms with Crippen LogP contribution in [0.25, 0.3) is 0 Å². The Hall–Kier alpha value is -3.37. The molecule has 5 rings (SSSR count). The van der Waals surface area contributed by atoms with Gasteiger partial charge in [0.05, 0.1) is 12.1 Å². The molecule has 0 saturated heterocycles. The topological polar surface area (TPSA) is 91.2 Å². The van der Waals surface area contributed by atoms with Crippen LogP contribution in [-0.2, 0) is 24.0 Å². The first-order valence-corrected chi connectivity index (χ1v) is 12.6. The number of anilines is 1. The van der Waals surface area contributed by atoms with Crippen LogP contribution in [0, 0.1) is 6.92 Å². The van der Waals surface area contributed by atoms with E-state index in [1.54, 1.807) is 11.8 Å². The van der Waals surface area contributed by atoms with Crippen LogP contribution in [0.2, 0.25) is 0 Å². The van der Waals surface area contributed by atoms with E-state index >= 15 is 0 Å². The Morgan fingerprint density at radius 2 is 1.97 bits per heavy atom. The second-order valence-corrected chi connectivity index (χ2v) is 9.76. The summed E-state index contributed by atoms with van der Waals surface area (Å²) in [6.07, 6.45) is -0.0719. The zero-order valence-corrected chi connectivity index (χ0v) is 20.4. The van der Waals surface area contributed by atoms with E-state index in [0.717, 1.165) is 32.9 Å². The number of aromatic nitrogens is 4. The van der Waals surface area contributed by atoms with Crippen LogP contribution in [0.4, 0.5) is 5.69 Å². The van der Waals surface area contributed by atoms with Gasteiger partial charge in [0.1, 0.15) is 11.6 Å². The Balaban J connectivity index is 1.16. The number of fused-ring (bicyclic) bond motifs is 1. The normalized spacial score (nSPS) is 14.7. The Kier molecular flexibility index (Phi) is 6.50. The first kappa shape index (κ1) is 22.4. The molecular formula is C24H23N5O3S2. The molecule has 1 aliphatic heterocycles. The third-order valence-electron chi connectivity index (χ3n) is 5.26. The second-order valence-electron chi connectivity index (χ2n) is 7.88. The van der Waals surface area contributed by atoms with Gasteiger partial charge in [0.2, 0.25) is 5.91 Å². The summed E-state index contributed by atoms with van der Waals surface area (Å²) in [6.45, 7) is 2.40. The number of carbonyl (C=O) groups is 1. The van der Waals surface area contributed by atoms with Crippen LogP contribution in [0.1, 0.15) is 28.2 Å². The van der Waals surface area contributed by atoms with Gasteiger partial charge in [-0.2, -0.15) is 0 Å². The van der Waals surface area contributed by atoms with Gasteiger partial charge in [-0.25, -0.2) is 4.98 Å². The minimum atomic E-state index is -0.320. The van der Waals surface area contributed by atoms with Crippen molar-refractivity contribution in [3.8, 4) is 11.5 Å². The predicted octanol–water partition coefficient (Wildman–Crippen LogP) is 4.57. The molecule has 2 aromatic carbocycles. The summed E-state index contributed by atoms with van der Waals surface area (Å²) in [6, 6.07) is 15.3. The summed E-state index contributed by atoms with van der Waals surface area (Å²) in [5, 5.41) is 15.1. The van der Waals surface area contributed by atoms with Crippen LogP contribution >= 0.6 is 23.1 Å². The summed E-state index contributed by atoms with van der Waals surface area (Å²) >= 11 is 3.03. The van der Waals surface area contributed by atoms with Gasteiger partial charge in [-0.15, -0.1) is 21.5 Å². The molecule has 174 valence electrons. The zero-order chi connectivity index (χ0) is 23.5. The molecule has 4 aromatic rings. The summed E-state index contributed by atoms with van der Waals surface area (Å²) in [4.78, 5) is 16.9. The minimum Gasteiger partial charge on any atom is -0.485 e. The molecular weight excluding hydrogens is 470 g/mol. The van der Waals surface area contributed by atoms with E-state index in [-0.39, 0.29) is 18.4 Å². The third kappa shape index (κ3) is 5.07. The first-order valence-electron chi connectivity index (χ1n) is 10.8. The third-order valence-corrected chi connectivity index (χ3v) is 7.21. The van der Waals surface area contributed by atoms with Gasteiger partial charge >= 0.3 is 0 Å². The van der Waals surface area contributed by atoms with Gasteiger partial charge in [0.15, 0.2) is 28.6 Å². The number of amides is 1. The van der Waals surface area contributed by atoms with Crippen LogP contribution < -0.4 is 14.8 Å². The Morgan fingerprint density at radius 3 is 2.79 bits per heavy atom. The summed E-state index contributed by atoms with van der Waals surface area (Å²) in [5.41, 5.74) is 2.85. The number of ether oxygens (including phenoxy) is 2. The molecule has 34 heavy (non-hydrogen) atoms. The largest absolute Gasteiger partial charge is 0.485 e. The van der Waals surface area contributed by atoms with Crippen molar-refractivity contribution in [2.24, 2.45) is 7.05 Å². The number of nitrogens with zero attached hydrogens (tertiary/aromatic N) is 4. The molecule has 1 unspecified atom stereocenters. The number of thioether (sulfide) groups is 1. The highest BCUT2D eigenvalue weighted by molar-refractivity contribution is 7.98.